The fourth-order valence-corrected chi connectivity index (χ4v) is 2.57. The second-order valence-electron chi connectivity index (χ2n) is 5.32. The normalized spacial score (nSPS) is 24.0. The highest BCUT2D eigenvalue weighted by molar-refractivity contribution is 5.38. The molecule has 0 unspecified atom stereocenters. The van der Waals surface area contributed by atoms with Gasteiger partial charge >= 0.3 is 0 Å². The lowest BCUT2D eigenvalue weighted by Crippen LogP contribution is -2.16. The van der Waals surface area contributed by atoms with Crippen LogP contribution in [0.25, 0.3) is 0 Å². The summed E-state index contributed by atoms with van der Waals surface area (Å²) in [5, 5.41) is 2.98. The van der Waals surface area contributed by atoms with Crippen LogP contribution >= 0.6 is 0 Å². The van der Waals surface area contributed by atoms with Gasteiger partial charge in [-0.3, -0.25) is 0 Å². The Bertz CT molecular complexity index is 412. The Hall–Kier alpha value is -1.19. The van der Waals surface area contributed by atoms with Gasteiger partial charge in [0.25, 0.3) is 0 Å². The molecule has 0 bridgehead atoms. The predicted octanol–water partition coefficient (Wildman–Crippen LogP) is 3.65. The zero-order chi connectivity index (χ0) is 13.1. The van der Waals surface area contributed by atoms with Crippen LogP contribution in [0.1, 0.15) is 57.0 Å². The lowest BCUT2D eigenvalue weighted by molar-refractivity contribution is 0.339. The molecule has 1 aromatic rings. The zero-order valence-corrected chi connectivity index (χ0v) is 11.5. The molecule has 0 aliphatic heterocycles. The average molecular weight is 251 g/mol. The average Bonchev–Trinajstić information content (AvgIpc) is 2.36. The Morgan fingerprint density at radius 1 is 1.22 bits per heavy atom. The minimum absolute atomic E-state index is 0.315. The van der Waals surface area contributed by atoms with E-state index in [1.165, 1.54) is 12.8 Å². The van der Waals surface area contributed by atoms with Crippen LogP contribution in [-0.4, -0.2) is 16.5 Å². The Labute approximate surface area is 108 Å². The van der Waals surface area contributed by atoms with Crippen LogP contribution in [-0.2, 0) is 0 Å². The van der Waals surface area contributed by atoms with Gasteiger partial charge in [-0.05, 0) is 32.6 Å². The molecule has 1 fully saturated rings. The second-order valence-corrected chi connectivity index (χ2v) is 5.32. The Balaban J connectivity index is 2.22. The summed E-state index contributed by atoms with van der Waals surface area (Å²) in [7, 11) is 0. The number of anilines is 1. The van der Waals surface area contributed by atoms with E-state index in [1.54, 1.807) is 6.92 Å². The van der Waals surface area contributed by atoms with E-state index < -0.39 is 0 Å². The van der Waals surface area contributed by atoms with Crippen molar-refractivity contribution in [2.75, 3.05) is 11.9 Å². The number of rotatable bonds is 3. The number of hydrogen-bond donors (Lipinski definition) is 1. The van der Waals surface area contributed by atoms with Gasteiger partial charge in [0.2, 0.25) is 0 Å². The minimum Gasteiger partial charge on any atom is -0.368 e. The van der Waals surface area contributed by atoms with Crippen LogP contribution in [0, 0.1) is 18.7 Å². The summed E-state index contributed by atoms with van der Waals surface area (Å²) >= 11 is 0. The first-order valence-electron chi connectivity index (χ1n) is 6.89. The second kappa shape index (κ2) is 5.63. The summed E-state index contributed by atoms with van der Waals surface area (Å²) in [6.07, 6.45) is 4.69. The molecule has 4 heteroatoms. The molecule has 100 valence electrons. The Kier molecular flexibility index (Phi) is 4.15. The standard InChI is InChI=1S/C14H22FN3/c1-4-16-14-12(15)10(3)17-13(18-14)11-7-5-9(2)6-8-11/h9,11H,4-8H2,1-3H3,(H,16,17,18). The van der Waals surface area contributed by atoms with Crippen molar-refractivity contribution in [1.29, 1.82) is 0 Å². The molecule has 1 saturated carbocycles. The summed E-state index contributed by atoms with van der Waals surface area (Å²) in [5.41, 5.74) is 0.453. The van der Waals surface area contributed by atoms with Crippen molar-refractivity contribution in [2.45, 2.75) is 52.4 Å². The fraction of sp³-hybridized carbons (Fsp3) is 0.714. The molecule has 0 atom stereocenters. The van der Waals surface area contributed by atoms with Crippen LogP contribution in [0.5, 0.6) is 0 Å². The van der Waals surface area contributed by atoms with Gasteiger partial charge in [0, 0.05) is 12.5 Å². The van der Waals surface area contributed by atoms with Gasteiger partial charge in [0.05, 0.1) is 5.69 Å². The number of halogens is 1. The Morgan fingerprint density at radius 2 is 1.89 bits per heavy atom. The lowest BCUT2D eigenvalue weighted by atomic mass is 9.82. The molecule has 0 saturated heterocycles. The maximum atomic E-state index is 13.8. The number of aromatic nitrogens is 2. The molecule has 1 aromatic heterocycles. The van der Waals surface area contributed by atoms with Crippen LogP contribution in [0.3, 0.4) is 0 Å². The van der Waals surface area contributed by atoms with Gasteiger partial charge in [-0.2, -0.15) is 0 Å². The molecule has 3 nitrogen and oxygen atoms in total. The van der Waals surface area contributed by atoms with E-state index in [2.05, 4.69) is 22.2 Å². The molecule has 0 radical (unpaired) electrons. The first kappa shape index (κ1) is 13.2. The molecule has 2 rings (SSSR count). The highest BCUT2D eigenvalue weighted by atomic mass is 19.1. The monoisotopic (exact) mass is 251 g/mol. The van der Waals surface area contributed by atoms with E-state index in [4.69, 9.17) is 0 Å². The molecule has 1 N–H and O–H groups in total. The molecule has 0 spiro atoms. The van der Waals surface area contributed by atoms with Crippen molar-refractivity contribution in [3.05, 3.63) is 17.3 Å². The molecular formula is C14H22FN3. The van der Waals surface area contributed by atoms with Gasteiger partial charge in [-0.1, -0.05) is 19.8 Å². The number of nitrogens with zero attached hydrogens (tertiary/aromatic N) is 2. The number of aryl methyl sites for hydroxylation is 1. The number of nitrogens with one attached hydrogen (secondary N) is 1. The van der Waals surface area contributed by atoms with Crippen molar-refractivity contribution in [2.24, 2.45) is 5.92 Å². The van der Waals surface area contributed by atoms with Crippen LogP contribution in [0.4, 0.5) is 10.2 Å². The van der Waals surface area contributed by atoms with Crippen LogP contribution < -0.4 is 5.32 Å². The third-order valence-electron chi connectivity index (χ3n) is 3.76. The topological polar surface area (TPSA) is 37.8 Å². The molecule has 1 aliphatic rings. The van der Waals surface area contributed by atoms with Crippen LogP contribution in [0.2, 0.25) is 0 Å². The third kappa shape index (κ3) is 2.79. The minimum atomic E-state index is -0.315. The van der Waals surface area contributed by atoms with Crippen molar-refractivity contribution in [1.82, 2.24) is 9.97 Å². The highest BCUT2D eigenvalue weighted by Crippen LogP contribution is 2.34. The quantitative estimate of drug-likeness (QED) is 0.891. The molecular weight excluding hydrogens is 229 g/mol. The van der Waals surface area contributed by atoms with Gasteiger partial charge in [0.15, 0.2) is 11.6 Å². The molecule has 0 amide bonds. The van der Waals surface area contributed by atoms with Crippen LogP contribution in [0.15, 0.2) is 0 Å². The zero-order valence-electron chi connectivity index (χ0n) is 11.5. The Morgan fingerprint density at radius 3 is 2.50 bits per heavy atom. The van der Waals surface area contributed by atoms with E-state index in [9.17, 15) is 4.39 Å². The summed E-state index contributed by atoms with van der Waals surface area (Å²) in [6.45, 7) is 6.62. The smallest absolute Gasteiger partial charge is 0.186 e. The third-order valence-corrected chi connectivity index (χ3v) is 3.76. The predicted molar refractivity (Wildman–Crippen MR) is 71.3 cm³/mol. The van der Waals surface area contributed by atoms with Crippen molar-refractivity contribution >= 4 is 5.82 Å². The molecule has 18 heavy (non-hydrogen) atoms. The van der Waals surface area contributed by atoms with Gasteiger partial charge < -0.3 is 5.32 Å². The van der Waals surface area contributed by atoms with E-state index in [1.807, 2.05) is 6.92 Å². The molecule has 0 aromatic carbocycles. The maximum Gasteiger partial charge on any atom is 0.186 e. The highest BCUT2D eigenvalue weighted by Gasteiger charge is 2.23. The van der Waals surface area contributed by atoms with Crippen molar-refractivity contribution < 1.29 is 4.39 Å². The largest absolute Gasteiger partial charge is 0.368 e. The van der Waals surface area contributed by atoms with Gasteiger partial charge in [-0.15, -0.1) is 0 Å². The summed E-state index contributed by atoms with van der Waals surface area (Å²) < 4.78 is 13.8. The van der Waals surface area contributed by atoms with Gasteiger partial charge in [0.1, 0.15) is 5.82 Å². The summed E-state index contributed by atoms with van der Waals surface area (Å²) in [4.78, 5) is 8.71. The lowest BCUT2D eigenvalue weighted by Gasteiger charge is -2.25. The van der Waals surface area contributed by atoms with Crippen molar-refractivity contribution in [3.63, 3.8) is 0 Å². The fourth-order valence-electron chi connectivity index (χ4n) is 2.57. The molecule has 1 aliphatic carbocycles. The molecule has 1 heterocycles. The maximum absolute atomic E-state index is 13.8. The first-order valence-corrected chi connectivity index (χ1v) is 6.89. The summed E-state index contributed by atoms with van der Waals surface area (Å²) in [5.74, 6) is 2.06. The van der Waals surface area contributed by atoms with Crippen molar-refractivity contribution in [3.8, 4) is 0 Å². The van der Waals surface area contributed by atoms with Gasteiger partial charge in [-0.25, -0.2) is 14.4 Å². The van der Waals surface area contributed by atoms with E-state index in [-0.39, 0.29) is 5.82 Å². The summed E-state index contributed by atoms with van der Waals surface area (Å²) in [6, 6.07) is 0. The van der Waals surface area contributed by atoms with E-state index in [0.717, 1.165) is 24.6 Å². The SMILES string of the molecule is CCNc1nc(C2CCC(C)CC2)nc(C)c1F. The van der Waals surface area contributed by atoms with E-state index in [0.29, 0.717) is 24.0 Å². The van der Waals surface area contributed by atoms with E-state index >= 15 is 0 Å². The first-order chi connectivity index (χ1) is 8.61. The number of hydrogen-bond acceptors (Lipinski definition) is 3.